The van der Waals surface area contributed by atoms with Gasteiger partial charge in [0.15, 0.2) is 11.5 Å². The summed E-state index contributed by atoms with van der Waals surface area (Å²) in [6.07, 6.45) is 0. The van der Waals surface area contributed by atoms with Crippen LogP contribution in [0.15, 0.2) is 212 Å². The number of rotatable bonds is 6. The number of hydrogen-bond donors (Lipinski definition) is 0. The van der Waals surface area contributed by atoms with Crippen molar-refractivity contribution in [2.24, 2.45) is 0 Å². The van der Waals surface area contributed by atoms with Gasteiger partial charge in [-0.3, -0.25) is 0 Å². The Morgan fingerprint density at radius 1 is 0.317 bits per heavy atom. The molecule has 0 radical (unpaired) electrons. The summed E-state index contributed by atoms with van der Waals surface area (Å²) >= 11 is 0. The topological polar surface area (TPSA) is 30.1 Å². The van der Waals surface area contributed by atoms with E-state index in [1.807, 2.05) is 42.5 Å². The number of fused-ring (bicyclic) bond motifs is 5. The van der Waals surface area contributed by atoms with Crippen molar-refractivity contribution in [1.82, 2.24) is 9.97 Å². The molecule has 3 nitrogen and oxygen atoms in total. The number of hydrogen-bond acceptors (Lipinski definition) is 2. The van der Waals surface area contributed by atoms with E-state index in [2.05, 4.69) is 175 Å². The second-order valence-corrected chi connectivity index (χ2v) is 15.2. The summed E-state index contributed by atoms with van der Waals surface area (Å²) in [7, 11) is 0. The van der Waals surface area contributed by atoms with Crippen LogP contribution in [0.4, 0.5) is 5.69 Å². The van der Waals surface area contributed by atoms with Crippen molar-refractivity contribution in [2.45, 2.75) is 0 Å². The maximum absolute atomic E-state index is 7.35. The lowest BCUT2D eigenvalue weighted by atomic mass is 9.86. The molecule has 0 fully saturated rings. The Balaban J connectivity index is 1.01. The Hall–Kier alpha value is -8.19. The Labute approximate surface area is 348 Å². The van der Waals surface area contributed by atoms with Crippen molar-refractivity contribution >= 4 is 48.8 Å². The highest BCUT2D eigenvalue weighted by atomic mass is 14.9. The largest absolute Gasteiger partial charge is 0.238 e. The second-order valence-electron chi connectivity index (χ2n) is 15.2. The van der Waals surface area contributed by atoms with Gasteiger partial charge in [0.05, 0.1) is 18.0 Å². The van der Waals surface area contributed by atoms with Crippen molar-refractivity contribution in [1.29, 1.82) is 0 Å². The SMILES string of the molecule is [C-]#[N+]c1ccc(-c2cccc(-c3cc(-c4ccc(-c5ccc(-c6c7ccccc7cc7c6ccc6ccccc67)c6ccccc56)cc4)nc(-c4ccccc4)n3)c2)cc1. The third kappa shape index (κ3) is 6.16. The fourth-order valence-corrected chi connectivity index (χ4v) is 8.75. The smallest absolute Gasteiger partial charge is 0.187 e. The molecule has 1 aromatic heterocycles. The monoisotopic (exact) mass is 761 g/mol. The van der Waals surface area contributed by atoms with Gasteiger partial charge in [-0.15, -0.1) is 0 Å². The molecular formula is C57H35N3. The van der Waals surface area contributed by atoms with Gasteiger partial charge in [-0.25, -0.2) is 14.8 Å². The molecule has 11 rings (SSSR count). The van der Waals surface area contributed by atoms with E-state index in [-0.39, 0.29) is 0 Å². The zero-order valence-electron chi connectivity index (χ0n) is 32.5. The molecule has 0 amide bonds. The summed E-state index contributed by atoms with van der Waals surface area (Å²) in [6, 6.07) is 75.0. The first-order chi connectivity index (χ1) is 29.7. The molecule has 60 heavy (non-hydrogen) atoms. The summed E-state index contributed by atoms with van der Waals surface area (Å²) in [4.78, 5) is 13.8. The quantitative estimate of drug-likeness (QED) is 0.0959. The van der Waals surface area contributed by atoms with E-state index >= 15 is 0 Å². The van der Waals surface area contributed by atoms with Crippen LogP contribution in [0.25, 0.3) is 115 Å². The van der Waals surface area contributed by atoms with Gasteiger partial charge < -0.3 is 0 Å². The van der Waals surface area contributed by atoms with Gasteiger partial charge in [-0.2, -0.15) is 0 Å². The molecule has 0 saturated heterocycles. The zero-order chi connectivity index (χ0) is 40.0. The third-order valence-electron chi connectivity index (χ3n) is 11.7. The van der Waals surface area contributed by atoms with Crippen molar-refractivity contribution < 1.29 is 0 Å². The minimum atomic E-state index is 0.627. The van der Waals surface area contributed by atoms with E-state index in [4.69, 9.17) is 16.5 Å². The van der Waals surface area contributed by atoms with Gasteiger partial charge in [-0.1, -0.05) is 194 Å². The Morgan fingerprint density at radius 3 is 1.67 bits per heavy atom. The maximum atomic E-state index is 7.35. The highest BCUT2D eigenvalue weighted by Gasteiger charge is 2.17. The first kappa shape index (κ1) is 35.0. The van der Waals surface area contributed by atoms with E-state index in [9.17, 15) is 0 Å². The Morgan fingerprint density at radius 2 is 0.900 bits per heavy atom. The van der Waals surface area contributed by atoms with Gasteiger partial charge in [-0.05, 0) is 94.7 Å². The summed E-state index contributed by atoms with van der Waals surface area (Å²) < 4.78 is 0. The lowest BCUT2D eigenvalue weighted by Crippen LogP contribution is -1.96. The third-order valence-corrected chi connectivity index (χ3v) is 11.7. The molecule has 10 aromatic carbocycles. The number of nitrogens with zero attached hydrogens (tertiary/aromatic N) is 3. The first-order valence-electron chi connectivity index (χ1n) is 20.2. The molecule has 0 N–H and O–H groups in total. The molecule has 0 unspecified atom stereocenters. The molecule has 1 heterocycles. The van der Waals surface area contributed by atoms with Crippen LogP contribution in [0, 0.1) is 6.57 Å². The van der Waals surface area contributed by atoms with Crippen LogP contribution < -0.4 is 0 Å². The van der Waals surface area contributed by atoms with E-state index in [0.29, 0.717) is 11.5 Å². The van der Waals surface area contributed by atoms with Crippen molar-refractivity contribution in [3.05, 3.63) is 224 Å². The molecule has 0 atom stereocenters. The molecular weight excluding hydrogens is 727 g/mol. The van der Waals surface area contributed by atoms with Crippen LogP contribution >= 0.6 is 0 Å². The fraction of sp³-hybridized carbons (Fsp3) is 0. The van der Waals surface area contributed by atoms with Crippen molar-refractivity contribution in [3.63, 3.8) is 0 Å². The molecule has 0 aliphatic carbocycles. The Kier molecular flexibility index (Phi) is 8.54. The van der Waals surface area contributed by atoms with E-state index in [0.717, 1.165) is 44.8 Å². The molecule has 11 aromatic rings. The summed E-state index contributed by atoms with van der Waals surface area (Å²) in [5.74, 6) is 0.675. The van der Waals surface area contributed by atoms with Crippen LogP contribution in [0.5, 0.6) is 0 Å². The predicted octanol–water partition coefficient (Wildman–Crippen LogP) is 15.6. The van der Waals surface area contributed by atoms with Gasteiger partial charge in [0.2, 0.25) is 0 Å². The minimum Gasteiger partial charge on any atom is -0.238 e. The number of aromatic nitrogens is 2. The molecule has 0 spiro atoms. The van der Waals surface area contributed by atoms with Crippen LogP contribution in [-0.2, 0) is 0 Å². The summed E-state index contributed by atoms with van der Waals surface area (Å²) in [5.41, 5.74) is 12.2. The average Bonchev–Trinajstić information content (AvgIpc) is 3.33. The van der Waals surface area contributed by atoms with Gasteiger partial charge >= 0.3 is 0 Å². The van der Waals surface area contributed by atoms with Crippen LogP contribution in [-0.4, -0.2) is 9.97 Å². The lowest BCUT2D eigenvalue weighted by Gasteiger charge is -2.17. The van der Waals surface area contributed by atoms with Crippen LogP contribution in [0.1, 0.15) is 0 Å². The molecule has 0 aliphatic rings. The standard InChI is InChI=1S/C57H35N3/c1-58-45-29-26-37(27-30-45)42-16-11-17-44(34-42)55-36-54(59-57(60-55)41-13-3-2-4-14-41)40-24-22-39(23-25-40)47-32-33-51(50-21-10-9-20-49(47)50)56-48-19-8-6-15-43(48)35-53-46-18-7-5-12-38(46)28-31-52(53)56/h2-36H. The highest BCUT2D eigenvalue weighted by Crippen LogP contribution is 2.44. The van der Waals surface area contributed by atoms with Gasteiger partial charge in [0.1, 0.15) is 0 Å². The number of benzene rings is 10. The maximum Gasteiger partial charge on any atom is 0.187 e. The van der Waals surface area contributed by atoms with Crippen molar-refractivity contribution in [3.8, 4) is 67.3 Å². The Bertz CT molecular complexity index is 3470. The molecule has 0 saturated carbocycles. The summed E-state index contributed by atoms with van der Waals surface area (Å²) in [6.45, 7) is 7.35. The summed E-state index contributed by atoms with van der Waals surface area (Å²) in [5, 5.41) is 9.98. The minimum absolute atomic E-state index is 0.627. The van der Waals surface area contributed by atoms with Crippen LogP contribution in [0.2, 0.25) is 0 Å². The molecule has 0 aliphatic heterocycles. The molecule has 278 valence electrons. The second kappa shape index (κ2) is 14.6. The lowest BCUT2D eigenvalue weighted by molar-refractivity contribution is 1.18. The van der Waals surface area contributed by atoms with E-state index < -0.39 is 0 Å². The van der Waals surface area contributed by atoms with E-state index in [1.165, 1.54) is 59.8 Å². The normalized spacial score (nSPS) is 11.3. The average molecular weight is 762 g/mol. The first-order valence-corrected chi connectivity index (χ1v) is 20.2. The zero-order valence-corrected chi connectivity index (χ0v) is 32.5. The predicted molar refractivity (Wildman–Crippen MR) is 251 cm³/mol. The molecule has 3 heteroatoms. The fourth-order valence-electron chi connectivity index (χ4n) is 8.75. The van der Waals surface area contributed by atoms with Gasteiger partial charge in [0.25, 0.3) is 0 Å². The molecule has 0 bridgehead atoms. The van der Waals surface area contributed by atoms with Crippen molar-refractivity contribution in [2.75, 3.05) is 0 Å². The highest BCUT2D eigenvalue weighted by molar-refractivity contribution is 6.23. The van der Waals surface area contributed by atoms with E-state index in [1.54, 1.807) is 0 Å². The van der Waals surface area contributed by atoms with Crippen LogP contribution in [0.3, 0.4) is 0 Å². The van der Waals surface area contributed by atoms with Gasteiger partial charge in [0, 0.05) is 16.7 Å².